The minimum atomic E-state index is 0.167. The van der Waals surface area contributed by atoms with Crippen LogP contribution in [0.3, 0.4) is 0 Å². The second kappa shape index (κ2) is 10.2. The average molecular weight is 491 g/mol. The average Bonchev–Trinajstić information content (AvgIpc) is 3.53. The van der Waals surface area contributed by atoms with E-state index in [9.17, 15) is 4.79 Å². The van der Waals surface area contributed by atoms with Gasteiger partial charge in [0.15, 0.2) is 0 Å². The number of rotatable bonds is 8. The predicted molar refractivity (Wildman–Crippen MR) is 140 cm³/mol. The molecule has 1 aliphatic heterocycles. The third kappa shape index (κ3) is 5.17. The highest BCUT2D eigenvalue weighted by atomic mass is 35.5. The van der Waals surface area contributed by atoms with Gasteiger partial charge in [-0.3, -0.25) is 14.4 Å². The third-order valence-corrected chi connectivity index (χ3v) is 8.62. The Morgan fingerprint density at radius 2 is 1.69 bits per heavy atom. The lowest BCUT2D eigenvalue weighted by atomic mass is 9.88. The molecule has 1 saturated heterocycles. The number of aryl methyl sites for hydroxylation is 2. The first kappa shape index (κ1) is 24.1. The summed E-state index contributed by atoms with van der Waals surface area (Å²) in [7, 11) is 1.89. The van der Waals surface area contributed by atoms with Crippen LogP contribution in [0.5, 0.6) is 0 Å². The molecule has 1 unspecified atom stereocenters. The van der Waals surface area contributed by atoms with Crippen LogP contribution in [0.2, 0.25) is 5.15 Å². The lowest BCUT2D eigenvalue weighted by Gasteiger charge is -2.32. The van der Waals surface area contributed by atoms with E-state index in [1.54, 1.807) is 4.68 Å². The van der Waals surface area contributed by atoms with Gasteiger partial charge in [-0.05, 0) is 62.2 Å². The maximum Gasteiger partial charge on any atom is 0.223 e. The van der Waals surface area contributed by atoms with Crippen molar-refractivity contribution >= 4 is 17.5 Å². The molecule has 35 heavy (non-hydrogen) atoms. The van der Waals surface area contributed by atoms with Crippen molar-refractivity contribution in [1.29, 1.82) is 0 Å². The summed E-state index contributed by atoms with van der Waals surface area (Å²) in [5, 5.41) is 8.44. The quantitative estimate of drug-likeness (QED) is 0.464. The van der Waals surface area contributed by atoms with Gasteiger partial charge in [0.1, 0.15) is 5.15 Å². The first-order valence-electron chi connectivity index (χ1n) is 12.7. The molecule has 1 amide bonds. The molecule has 5 nitrogen and oxygen atoms in total. The predicted octanol–water partition coefficient (Wildman–Crippen LogP) is 5.32. The fourth-order valence-electron chi connectivity index (χ4n) is 5.86. The number of likely N-dealkylation sites (tertiary alicyclic amines) is 1. The van der Waals surface area contributed by atoms with Crippen molar-refractivity contribution in [3.63, 3.8) is 0 Å². The first-order chi connectivity index (χ1) is 17.0. The SMILES string of the molecule is Cc1nn(C)c(Cl)c1CN1CCC2(CC1)CC2C(=O)NCCC(c1ccccc1)c1ccccc1. The lowest BCUT2D eigenvalue weighted by molar-refractivity contribution is -0.123. The second-order valence-corrected chi connectivity index (χ2v) is 10.7. The highest BCUT2D eigenvalue weighted by Crippen LogP contribution is 2.59. The van der Waals surface area contributed by atoms with Gasteiger partial charge in [-0.1, -0.05) is 72.3 Å². The van der Waals surface area contributed by atoms with E-state index in [2.05, 4.69) is 76.0 Å². The molecule has 2 heterocycles. The molecule has 2 fully saturated rings. The Balaban J connectivity index is 1.12. The van der Waals surface area contributed by atoms with Crippen molar-refractivity contribution in [2.24, 2.45) is 18.4 Å². The molecule has 184 valence electrons. The van der Waals surface area contributed by atoms with Crippen LogP contribution in [0, 0.1) is 18.3 Å². The summed E-state index contributed by atoms with van der Waals surface area (Å²) in [5.41, 5.74) is 4.93. The number of benzene rings is 2. The minimum Gasteiger partial charge on any atom is -0.356 e. The number of carbonyl (C=O) groups excluding carboxylic acids is 1. The van der Waals surface area contributed by atoms with Crippen LogP contribution in [0.1, 0.15) is 54.0 Å². The van der Waals surface area contributed by atoms with Crippen molar-refractivity contribution in [1.82, 2.24) is 20.0 Å². The fraction of sp³-hybridized carbons (Fsp3) is 0.448. The molecule has 5 rings (SSSR count). The summed E-state index contributed by atoms with van der Waals surface area (Å²) in [6.07, 6.45) is 4.09. The summed E-state index contributed by atoms with van der Waals surface area (Å²) in [6, 6.07) is 21.2. The van der Waals surface area contributed by atoms with E-state index < -0.39 is 0 Å². The highest BCUT2D eigenvalue weighted by Gasteiger charge is 2.58. The number of halogens is 1. The van der Waals surface area contributed by atoms with Gasteiger partial charge < -0.3 is 5.32 Å². The van der Waals surface area contributed by atoms with Gasteiger partial charge >= 0.3 is 0 Å². The number of hydrogen-bond donors (Lipinski definition) is 1. The van der Waals surface area contributed by atoms with E-state index in [0.717, 1.165) is 61.7 Å². The molecule has 0 radical (unpaired) electrons. The van der Waals surface area contributed by atoms with Gasteiger partial charge in [0.2, 0.25) is 5.91 Å². The molecular weight excluding hydrogens is 456 g/mol. The van der Waals surface area contributed by atoms with Crippen molar-refractivity contribution in [2.75, 3.05) is 19.6 Å². The van der Waals surface area contributed by atoms with Crippen LogP contribution < -0.4 is 5.32 Å². The van der Waals surface area contributed by atoms with Crippen molar-refractivity contribution in [3.05, 3.63) is 88.2 Å². The molecule has 3 aromatic rings. The highest BCUT2D eigenvalue weighted by molar-refractivity contribution is 6.30. The Morgan fingerprint density at radius 3 is 2.23 bits per heavy atom. The molecule has 0 bridgehead atoms. The Hall–Kier alpha value is -2.63. The molecule has 1 spiro atoms. The number of piperidine rings is 1. The van der Waals surface area contributed by atoms with Gasteiger partial charge in [0.25, 0.3) is 0 Å². The smallest absolute Gasteiger partial charge is 0.223 e. The number of amides is 1. The normalized spacial score (nSPS) is 19.3. The van der Waals surface area contributed by atoms with E-state index in [4.69, 9.17) is 11.6 Å². The fourth-order valence-corrected chi connectivity index (χ4v) is 6.10. The second-order valence-electron chi connectivity index (χ2n) is 10.3. The van der Waals surface area contributed by atoms with E-state index in [-0.39, 0.29) is 23.2 Å². The standard InChI is InChI=1S/C29H35ClN4O/c1-21-25(27(30)33(2)32-21)20-34-17-14-29(15-18-34)19-26(29)28(35)31-16-13-24(22-9-5-3-6-10-22)23-11-7-4-8-12-23/h3-12,24,26H,13-20H2,1-2H3,(H,31,35). The van der Waals surface area contributed by atoms with Crippen LogP contribution in [-0.2, 0) is 18.4 Å². The van der Waals surface area contributed by atoms with Crippen LogP contribution in [0.25, 0.3) is 0 Å². The number of hydrogen-bond acceptors (Lipinski definition) is 3. The van der Waals surface area contributed by atoms with Crippen LogP contribution >= 0.6 is 11.6 Å². The molecule has 1 N–H and O–H groups in total. The third-order valence-electron chi connectivity index (χ3n) is 8.15. The molecular formula is C29H35ClN4O. The Kier molecular flexibility index (Phi) is 6.99. The van der Waals surface area contributed by atoms with E-state index >= 15 is 0 Å². The van der Waals surface area contributed by atoms with Crippen molar-refractivity contribution in [2.45, 2.75) is 45.1 Å². The largest absolute Gasteiger partial charge is 0.356 e. The van der Waals surface area contributed by atoms with Gasteiger partial charge in [0, 0.05) is 37.5 Å². The topological polar surface area (TPSA) is 50.2 Å². The summed E-state index contributed by atoms with van der Waals surface area (Å²) < 4.78 is 1.75. The Labute approximate surface area is 213 Å². The number of nitrogens with zero attached hydrogens (tertiary/aromatic N) is 3. The van der Waals surface area contributed by atoms with Crippen LogP contribution in [0.15, 0.2) is 60.7 Å². The summed E-state index contributed by atoms with van der Waals surface area (Å²) >= 11 is 6.44. The number of aromatic nitrogens is 2. The van der Waals surface area contributed by atoms with Gasteiger partial charge in [0.05, 0.1) is 5.69 Å². The molecule has 2 aliphatic rings. The summed E-state index contributed by atoms with van der Waals surface area (Å²) in [4.78, 5) is 15.5. The van der Waals surface area contributed by atoms with Gasteiger partial charge in [-0.15, -0.1) is 0 Å². The van der Waals surface area contributed by atoms with Crippen LogP contribution in [0.4, 0.5) is 0 Å². The molecule has 2 aromatic carbocycles. The molecule has 1 aliphatic carbocycles. The maximum absolute atomic E-state index is 13.0. The lowest BCUT2D eigenvalue weighted by Crippen LogP contribution is -2.37. The Morgan fingerprint density at radius 1 is 1.09 bits per heavy atom. The van der Waals surface area contributed by atoms with E-state index in [1.807, 2.05) is 14.0 Å². The number of carbonyl (C=O) groups is 1. The monoisotopic (exact) mass is 490 g/mol. The maximum atomic E-state index is 13.0. The zero-order chi connectivity index (χ0) is 24.4. The minimum absolute atomic E-state index is 0.167. The van der Waals surface area contributed by atoms with Crippen molar-refractivity contribution < 1.29 is 4.79 Å². The first-order valence-corrected chi connectivity index (χ1v) is 13.1. The summed E-state index contributed by atoms with van der Waals surface area (Å²) in [5.74, 6) is 0.696. The molecule has 6 heteroatoms. The van der Waals surface area contributed by atoms with Crippen LogP contribution in [-0.4, -0.2) is 40.2 Å². The van der Waals surface area contributed by atoms with E-state index in [0.29, 0.717) is 6.54 Å². The Bertz CT molecular complexity index is 1110. The zero-order valence-electron chi connectivity index (χ0n) is 20.7. The zero-order valence-corrected chi connectivity index (χ0v) is 21.5. The molecule has 1 saturated carbocycles. The van der Waals surface area contributed by atoms with E-state index in [1.165, 1.54) is 11.1 Å². The molecule has 1 aromatic heterocycles. The molecule has 1 atom stereocenters. The van der Waals surface area contributed by atoms with Gasteiger partial charge in [-0.25, -0.2) is 0 Å². The van der Waals surface area contributed by atoms with Gasteiger partial charge in [-0.2, -0.15) is 5.10 Å². The van der Waals surface area contributed by atoms with Crippen molar-refractivity contribution in [3.8, 4) is 0 Å². The number of nitrogens with one attached hydrogen (secondary N) is 1. The summed E-state index contributed by atoms with van der Waals surface area (Å²) in [6.45, 7) is 5.59.